The van der Waals surface area contributed by atoms with Crippen molar-refractivity contribution in [2.45, 2.75) is 38.3 Å². The molecule has 2 atom stereocenters. The SMILES string of the molecule is Cc1nc(NC(=O)C2CC2)sc1C(c1ccccc1Cl)N1CC[C@H](O)C1. The number of aromatic nitrogens is 1. The smallest absolute Gasteiger partial charge is 0.229 e. The Morgan fingerprint density at radius 2 is 2.15 bits per heavy atom. The number of β-amino-alcohol motifs (C(OH)–C–C–N with tert-alkyl or cyclic N) is 1. The predicted molar refractivity (Wildman–Crippen MR) is 104 cm³/mol. The van der Waals surface area contributed by atoms with E-state index in [1.54, 1.807) is 0 Å². The summed E-state index contributed by atoms with van der Waals surface area (Å²) in [7, 11) is 0. The van der Waals surface area contributed by atoms with Crippen molar-refractivity contribution < 1.29 is 9.90 Å². The number of hydrogen-bond donors (Lipinski definition) is 2. The molecule has 5 nitrogen and oxygen atoms in total. The number of hydrogen-bond acceptors (Lipinski definition) is 5. The van der Waals surface area contributed by atoms with Crippen molar-refractivity contribution in [1.29, 1.82) is 0 Å². The van der Waals surface area contributed by atoms with Gasteiger partial charge in [0.2, 0.25) is 5.91 Å². The zero-order valence-corrected chi connectivity index (χ0v) is 16.2. The number of aliphatic hydroxyl groups excluding tert-OH is 1. The number of anilines is 1. The molecular formula is C19H22ClN3O2S. The van der Waals surface area contributed by atoms with Gasteiger partial charge >= 0.3 is 0 Å². The number of thiazole rings is 1. The fraction of sp³-hybridized carbons (Fsp3) is 0.474. The zero-order valence-electron chi connectivity index (χ0n) is 14.6. The lowest BCUT2D eigenvalue weighted by atomic mass is 10.0. The molecule has 2 heterocycles. The topological polar surface area (TPSA) is 65.5 Å². The van der Waals surface area contributed by atoms with Crippen molar-refractivity contribution in [2.75, 3.05) is 18.4 Å². The number of benzene rings is 1. The number of carbonyl (C=O) groups is 1. The second-order valence-corrected chi connectivity index (χ2v) is 8.53. The molecule has 0 bridgehead atoms. The highest BCUT2D eigenvalue weighted by atomic mass is 35.5. The summed E-state index contributed by atoms with van der Waals surface area (Å²) in [4.78, 5) is 20.0. The van der Waals surface area contributed by atoms with E-state index >= 15 is 0 Å². The number of rotatable bonds is 5. The summed E-state index contributed by atoms with van der Waals surface area (Å²) in [5.41, 5.74) is 1.91. The molecule has 2 fully saturated rings. The average Bonchev–Trinajstić information content (AvgIpc) is 3.29. The van der Waals surface area contributed by atoms with Crippen LogP contribution in [0.5, 0.6) is 0 Å². The Balaban J connectivity index is 1.68. The molecule has 0 radical (unpaired) electrons. The van der Waals surface area contributed by atoms with E-state index in [0.29, 0.717) is 16.7 Å². The molecule has 4 rings (SSSR count). The van der Waals surface area contributed by atoms with Crippen LogP contribution in [-0.4, -0.2) is 40.1 Å². The number of halogens is 1. The standard InChI is InChI=1S/C19H22ClN3O2S/c1-11-17(26-19(21-11)22-18(25)12-6-7-12)16(23-9-8-13(24)10-23)14-4-2-3-5-15(14)20/h2-5,12-13,16,24H,6-10H2,1H3,(H,21,22,25)/t13-,16?/m0/s1. The van der Waals surface area contributed by atoms with Crippen molar-refractivity contribution in [2.24, 2.45) is 5.92 Å². The number of aliphatic hydroxyl groups is 1. The molecule has 1 amide bonds. The fourth-order valence-corrected chi connectivity index (χ4v) is 4.83. The fourth-order valence-electron chi connectivity index (χ4n) is 3.47. The Bertz CT molecular complexity index is 821. The Kier molecular flexibility index (Phi) is 5.01. The number of nitrogens with zero attached hydrogens (tertiary/aromatic N) is 2. The van der Waals surface area contributed by atoms with Crippen LogP contribution in [0.1, 0.15) is 41.4 Å². The van der Waals surface area contributed by atoms with Crippen LogP contribution in [0.15, 0.2) is 24.3 Å². The zero-order chi connectivity index (χ0) is 18.3. The molecule has 7 heteroatoms. The van der Waals surface area contributed by atoms with Gasteiger partial charge in [-0.05, 0) is 37.8 Å². The van der Waals surface area contributed by atoms with Crippen LogP contribution in [-0.2, 0) is 4.79 Å². The number of carbonyl (C=O) groups excluding carboxylic acids is 1. The van der Waals surface area contributed by atoms with E-state index < -0.39 is 0 Å². The lowest BCUT2D eigenvalue weighted by Gasteiger charge is -2.28. The Labute approximate surface area is 162 Å². The van der Waals surface area contributed by atoms with Gasteiger partial charge in [0.15, 0.2) is 5.13 Å². The van der Waals surface area contributed by atoms with Crippen molar-refractivity contribution >= 4 is 34.0 Å². The molecular weight excluding hydrogens is 370 g/mol. The Morgan fingerprint density at radius 1 is 1.38 bits per heavy atom. The minimum Gasteiger partial charge on any atom is -0.392 e. The predicted octanol–water partition coefficient (Wildman–Crippen LogP) is 3.61. The second kappa shape index (κ2) is 7.27. The monoisotopic (exact) mass is 391 g/mol. The molecule has 1 aliphatic heterocycles. The number of likely N-dealkylation sites (tertiary alicyclic amines) is 1. The van der Waals surface area contributed by atoms with Gasteiger partial charge in [-0.3, -0.25) is 9.69 Å². The molecule has 1 saturated heterocycles. The van der Waals surface area contributed by atoms with Crippen LogP contribution in [0, 0.1) is 12.8 Å². The molecule has 1 aliphatic carbocycles. The summed E-state index contributed by atoms with van der Waals surface area (Å²) in [6.45, 7) is 3.38. The molecule has 0 spiro atoms. The molecule has 2 aliphatic rings. The highest BCUT2D eigenvalue weighted by Gasteiger charge is 2.34. The van der Waals surface area contributed by atoms with Gasteiger partial charge < -0.3 is 10.4 Å². The molecule has 2 aromatic rings. The van der Waals surface area contributed by atoms with Gasteiger partial charge in [-0.25, -0.2) is 4.98 Å². The third-order valence-corrected chi connectivity index (χ3v) is 6.49. The number of amides is 1. The van der Waals surface area contributed by atoms with Crippen LogP contribution in [0.25, 0.3) is 0 Å². The first-order chi connectivity index (χ1) is 12.5. The van der Waals surface area contributed by atoms with E-state index in [1.165, 1.54) is 11.3 Å². The Morgan fingerprint density at radius 3 is 2.81 bits per heavy atom. The molecule has 2 N–H and O–H groups in total. The van der Waals surface area contributed by atoms with Crippen LogP contribution >= 0.6 is 22.9 Å². The first kappa shape index (κ1) is 17.9. The van der Waals surface area contributed by atoms with E-state index in [4.69, 9.17) is 11.6 Å². The van der Waals surface area contributed by atoms with Crippen LogP contribution in [0.2, 0.25) is 5.02 Å². The van der Waals surface area contributed by atoms with Gasteiger partial charge in [0.05, 0.1) is 22.7 Å². The van der Waals surface area contributed by atoms with E-state index in [0.717, 1.165) is 41.9 Å². The maximum absolute atomic E-state index is 12.1. The van der Waals surface area contributed by atoms with Crippen LogP contribution in [0.4, 0.5) is 5.13 Å². The molecule has 1 unspecified atom stereocenters. The highest BCUT2D eigenvalue weighted by molar-refractivity contribution is 7.16. The summed E-state index contributed by atoms with van der Waals surface area (Å²) in [6, 6.07) is 7.75. The third-order valence-electron chi connectivity index (χ3n) is 5.02. The summed E-state index contributed by atoms with van der Waals surface area (Å²) in [5.74, 6) is 0.215. The number of nitrogens with one attached hydrogen (secondary N) is 1. The van der Waals surface area contributed by atoms with Gasteiger partial charge in [-0.1, -0.05) is 41.1 Å². The van der Waals surface area contributed by atoms with E-state index in [2.05, 4.69) is 15.2 Å². The number of aryl methyl sites for hydroxylation is 1. The molecule has 1 aromatic carbocycles. The summed E-state index contributed by atoms with van der Waals surface area (Å²) < 4.78 is 0. The van der Waals surface area contributed by atoms with Crippen LogP contribution in [0.3, 0.4) is 0 Å². The molecule has 1 aromatic heterocycles. The van der Waals surface area contributed by atoms with Gasteiger partial charge in [0, 0.05) is 24.0 Å². The highest BCUT2D eigenvalue weighted by Crippen LogP contribution is 2.41. The normalized spacial score (nSPS) is 21.7. The van der Waals surface area contributed by atoms with E-state index in [9.17, 15) is 9.90 Å². The summed E-state index contributed by atoms with van der Waals surface area (Å²) >= 11 is 8.01. The van der Waals surface area contributed by atoms with E-state index in [-0.39, 0.29) is 24.0 Å². The maximum Gasteiger partial charge on any atom is 0.229 e. The van der Waals surface area contributed by atoms with Gasteiger partial charge in [-0.2, -0.15) is 0 Å². The minimum absolute atomic E-state index is 0.0649. The first-order valence-corrected chi connectivity index (χ1v) is 10.2. The van der Waals surface area contributed by atoms with Crippen LogP contribution < -0.4 is 5.32 Å². The summed E-state index contributed by atoms with van der Waals surface area (Å²) in [6.07, 6.45) is 2.38. The largest absolute Gasteiger partial charge is 0.392 e. The van der Waals surface area contributed by atoms with Gasteiger partial charge in [0.1, 0.15) is 0 Å². The quantitative estimate of drug-likeness (QED) is 0.817. The van der Waals surface area contributed by atoms with Gasteiger partial charge in [-0.15, -0.1) is 0 Å². The average molecular weight is 392 g/mol. The van der Waals surface area contributed by atoms with Crippen molar-refractivity contribution in [3.8, 4) is 0 Å². The van der Waals surface area contributed by atoms with Gasteiger partial charge in [0.25, 0.3) is 0 Å². The molecule has 138 valence electrons. The van der Waals surface area contributed by atoms with Crippen molar-refractivity contribution in [3.05, 3.63) is 45.4 Å². The lowest BCUT2D eigenvalue weighted by Crippen LogP contribution is -2.28. The molecule has 1 saturated carbocycles. The van der Waals surface area contributed by atoms with Crippen molar-refractivity contribution in [1.82, 2.24) is 9.88 Å². The van der Waals surface area contributed by atoms with E-state index in [1.807, 2.05) is 31.2 Å². The third kappa shape index (κ3) is 3.64. The minimum atomic E-state index is -0.317. The maximum atomic E-state index is 12.1. The first-order valence-electron chi connectivity index (χ1n) is 8.97. The Hall–Kier alpha value is -1.47. The second-order valence-electron chi connectivity index (χ2n) is 7.09. The lowest BCUT2D eigenvalue weighted by molar-refractivity contribution is -0.117. The summed E-state index contributed by atoms with van der Waals surface area (Å²) in [5, 5.41) is 14.3. The molecule has 26 heavy (non-hydrogen) atoms. The van der Waals surface area contributed by atoms with Crippen molar-refractivity contribution in [3.63, 3.8) is 0 Å².